The number of aryl methyl sites for hydroxylation is 3. The lowest BCUT2D eigenvalue weighted by atomic mass is 10.1. The molecule has 1 amide bonds. The molecule has 0 aliphatic carbocycles. The van der Waals surface area contributed by atoms with Gasteiger partial charge in [0.25, 0.3) is 0 Å². The monoisotopic (exact) mass is 542 g/mol. The number of halogens is 1. The van der Waals surface area contributed by atoms with Crippen molar-refractivity contribution in [2.24, 2.45) is 0 Å². The molecular weight excluding hydrogens is 512 g/mol. The smallest absolute Gasteiger partial charge is 0.310 e. The number of nitrogens with one attached hydrogen (secondary N) is 1. The number of hydrogen-bond donors (Lipinski definition) is 1. The van der Waals surface area contributed by atoms with Crippen molar-refractivity contribution < 1.29 is 22.7 Å². The van der Waals surface area contributed by atoms with Crippen molar-refractivity contribution in [2.45, 2.75) is 45.6 Å². The van der Waals surface area contributed by atoms with E-state index in [0.717, 1.165) is 11.1 Å². The molecule has 0 saturated heterocycles. The second-order valence-electron chi connectivity index (χ2n) is 8.85. The van der Waals surface area contributed by atoms with E-state index in [9.17, 15) is 18.0 Å². The van der Waals surface area contributed by atoms with E-state index < -0.39 is 15.9 Å². The van der Waals surface area contributed by atoms with E-state index in [1.165, 1.54) is 4.31 Å². The molecule has 37 heavy (non-hydrogen) atoms. The maximum atomic E-state index is 13.8. The molecule has 3 aromatic rings. The molecule has 7 nitrogen and oxygen atoms in total. The highest BCUT2D eigenvalue weighted by atomic mass is 35.5. The summed E-state index contributed by atoms with van der Waals surface area (Å²) >= 11 is 6.00. The van der Waals surface area contributed by atoms with Gasteiger partial charge in [-0.25, -0.2) is 8.42 Å². The van der Waals surface area contributed by atoms with Crippen LogP contribution in [-0.2, 0) is 37.3 Å². The lowest BCUT2D eigenvalue weighted by molar-refractivity contribution is -0.142. The zero-order valence-corrected chi connectivity index (χ0v) is 22.9. The number of sulfonamides is 1. The summed E-state index contributed by atoms with van der Waals surface area (Å²) < 4.78 is 33.8. The van der Waals surface area contributed by atoms with Gasteiger partial charge in [0.1, 0.15) is 0 Å². The van der Waals surface area contributed by atoms with E-state index in [4.69, 9.17) is 16.3 Å². The summed E-state index contributed by atoms with van der Waals surface area (Å²) in [6.45, 7) is 7.09. The van der Waals surface area contributed by atoms with Gasteiger partial charge in [-0.05, 0) is 74.2 Å². The number of esters is 1. The van der Waals surface area contributed by atoms with Crippen LogP contribution in [0.5, 0.6) is 0 Å². The number of carbonyl (C=O) groups is 2. The van der Waals surface area contributed by atoms with Crippen LogP contribution in [0.3, 0.4) is 0 Å². The van der Waals surface area contributed by atoms with E-state index in [1.54, 1.807) is 69.3 Å². The van der Waals surface area contributed by atoms with Gasteiger partial charge in [0, 0.05) is 17.3 Å². The maximum Gasteiger partial charge on any atom is 0.310 e. The molecule has 0 aliphatic rings. The molecule has 0 heterocycles. The summed E-state index contributed by atoms with van der Waals surface area (Å²) in [4.78, 5) is 24.9. The summed E-state index contributed by atoms with van der Waals surface area (Å²) in [5, 5.41) is 3.29. The van der Waals surface area contributed by atoms with Gasteiger partial charge in [0.2, 0.25) is 15.9 Å². The van der Waals surface area contributed by atoms with Gasteiger partial charge in [0.15, 0.2) is 0 Å². The van der Waals surface area contributed by atoms with Crippen molar-refractivity contribution in [3.63, 3.8) is 0 Å². The van der Waals surface area contributed by atoms with Crippen LogP contribution in [0.2, 0.25) is 5.02 Å². The summed E-state index contributed by atoms with van der Waals surface area (Å²) in [7, 11) is -4.01. The molecule has 0 atom stereocenters. The van der Waals surface area contributed by atoms with Crippen LogP contribution in [0.4, 0.5) is 5.69 Å². The van der Waals surface area contributed by atoms with Crippen molar-refractivity contribution in [1.82, 2.24) is 4.31 Å². The van der Waals surface area contributed by atoms with Gasteiger partial charge < -0.3 is 10.1 Å². The highest BCUT2D eigenvalue weighted by Crippen LogP contribution is 2.27. The Kier molecular flexibility index (Phi) is 9.48. The topological polar surface area (TPSA) is 92.8 Å². The molecule has 0 unspecified atom stereocenters. The molecule has 3 aromatic carbocycles. The number of hydrogen-bond acceptors (Lipinski definition) is 5. The van der Waals surface area contributed by atoms with Crippen LogP contribution >= 0.6 is 11.6 Å². The van der Waals surface area contributed by atoms with Crippen LogP contribution < -0.4 is 5.32 Å². The molecule has 3 rings (SSSR count). The second kappa shape index (κ2) is 12.4. The Morgan fingerprint density at radius 1 is 0.919 bits per heavy atom. The van der Waals surface area contributed by atoms with Gasteiger partial charge in [-0.1, -0.05) is 53.6 Å². The number of benzene rings is 3. The third kappa shape index (κ3) is 7.64. The zero-order chi connectivity index (χ0) is 27.2. The predicted molar refractivity (Wildman–Crippen MR) is 145 cm³/mol. The summed E-state index contributed by atoms with van der Waals surface area (Å²) in [5.41, 5.74) is 4.14. The first-order valence-electron chi connectivity index (χ1n) is 11.9. The first kappa shape index (κ1) is 28.4. The number of anilines is 1. The predicted octanol–water partition coefficient (Wildman–Crippen LogP) is 5.20. The molecule has 0 aromatic heterocycles. The Morgan fingerprint density at radius 2 is 1.49 bits per heavy atom. The van der Waals surface area contributed by atoms with Crippen molar-refractivity contribution in [3.05, 3.63) is 93.5 Å². The molecule has 196 valence electrons. The number of ether oxygens (including phenoxy) is 1. The normalized spacial score (nSPS) is 11.4. The minimum Gasteiger partial charge on any atom is -0.466 e. The van der Waals surface area contributed by atoms with Gasteiger partial charge in [-0.15, -0.1) is 0 Å². The standard InChI is InChI=1S/C28H31ClN2O5S/c1-5-36-27(33)16-22-8-12-25(13-9-22)30-26(32)18-31(17-23-6-10-24(29)11-7-23)37(34,35)28-20(3)14-19(2)15-21(28)4/h6-15H,5,16-18H2,1-4H3,(H,30,32). The van der Waals surface area contributed by atoms with Crippen molar-refractivity contribution in [1.29, 1.82) is 0 Å². The third-order valence-corrected chi connectivity index (χ3v) is 8.04. The van der Waals surface area contributed by atoms with E-state index in [0.29, 0.717) is 34.0 Å². The minimum absolute atomic E-state index is 0.00183. The van der Waals surface area contributed by atoms with E-state index >= 15 is 0 Å². The molecule has 0 fully saturated rings. The van der Waals surface area contributed by atoms with Crippen LogP contribution in [0.15, 0.2) is 65.6 Å². The lowest BCUT2D eigenvalue weighted by Crippen LogP contribution is -2.38. The molecule has 9 heteroatoms. The lowest BCUT2D eigenvalue weighted by Gasteiger charge is -2.24. The molecular formula is C28H31ClN2O5S. The summed E-state index contributed by atoms with van der Waals surface area (Å²) in [5.74, 6) is -0.817. The van der Waals surface area contributed by atoms with Crippen molar-refractivity contribution in [3.8, 4) is 0 Å². The Bertz CT molecular complexity index is 1350. The fourth-order valence-corrected chi connectivity index (χ4v) is 6.09. The Morgan fingerprint density at radius 3 is 2.05 bits per heavy atom. The number of amides is 1. The third-order valence-electron chi connectivity index (χ3n) is 5.69. The Labute approximate surface area is 223 Å². The van der Waals surface area contributed by atoms with Gasteiger partial charge in [0.05, 0.1) is 24.5 Å². The van der Waals surface area contributed by atoms with Gasteiger partial charge in [-0.3, -0.25) is 9.59 Å². The molecule has 1 N–H and O–H groups in total. The summed E-state index contributed by atoms with van der Waals surface area (Å²) in [6, 6.07) is 17.2. The average Bonchev–Trinajstić information content (AvgIpc) is 2.80. The van der Waals surface area contributed by atoms with Gasteiger partial charge in [-0.2, -0.15) is 4.31 Å². The highest BCUT2D eigenvalue weighted by Gasteiger charge is 2.30. The minimum atomic E-state index is -4.01. The molecule has 0 aliphatic heterocycles. The molecule has 0 bridgehead atoms. The van der Waals surface area contributed by atoms with Gasteiger partial charge >= 0.3 is 5.97 Å². The largest absolute Gasteiger partial charge is 0.466 e. The Balaban J connectivity index is 1.84. The van der Waals surface area contributed by atoms with E-state index in [-0.39, 0.29) is 30.4 Å². The molecule has 0 spiro atoms. The van der Waals surface area contributed by atoms with Crippen molar-refractivity contribution in [2.75, 3.05) is 18.5 Å². The summed E-state index contributed by atoms with van der Waals surface area (Å²) in [6.07, 6.45) is 0.129. The second-order valence-corrected chi connectivity index (χ2v) is 11.2. The number of nitrogens with zero attached hydrogens (tertiary/aromatic N) is 1. The quantitative estimate of drug-likeness (QED) is 0.355. The van der Waals surface area contributed by atoms with Crippen molar-refractivity contribution >= 4 is 39.2 Å². The highest BCUT2D eigenvalue weighted by molar-refractivity contribution is 7.89. The average molecular weight is 543 g/mol. The van der Waals surface area contributed by atoms with Crippen LogP contribution in [0, 0.1) is 20.8 Å². The maximum absolute atomic E-state index is 13.8. The molecule has 0 saturated carbocycles. The van der Waals surface area contributed by atoms with E-state index in [2.05, 4.69) is 5.32 Å². The van der Waals surface area contributed by atoms with E-state index in [1.807, 2.05) is 19.1 Å². The fourth-order valence-electron chi connectivity index (χ4n) is 4.17. The Hall–Kier alpha value is -3.20. The van der Waals surface area contributed by atoms with Crippen LogP contribution in [0.1, 0.15) is 34.7 Å². The SMILES string of the molecule is CCOC(=O)Cc1ccc(NC(=O)CN(Cc2ccc(Cl)cc2)S(=O)(=O)c2c(C)cc(C)cc2C)cc1. The first-order chi connectivity index (χ1) is 17.5. The fraction of sp³-hybridized carbons (Fsp3) is 0.286. The molecule has 0 radical (unpaired) electrons. The van der Waals surface area contributed by atoms with Crippen LogP contribution in [-0.4, -0.2) is 37.8 Å². The zero-order valence-electron chi connectivity index (χ0n) is 21.4. The first-order valence-corrected chi connectivity index (χ1v) is 13.7. The number of rotatable bonds is 10. The number of carbonyl (C=O) groups excluding carboxylic acids is 2. The van der Waals surface area contributed by atoms with Crippen LogP contribution in [0.25, 0.3) is 0 Å².